The number of hydrogen-bond acceptors (Lipinski definition) is 3. The van der Waals surface area contributed by atoms with E-state index in [4.69, 9.17) is 9.47 Å². The molecule has 0 bridgehead atoms. The zero-order valence-corrected chi connectivity index (χ0v) is 19.5. The number of rotatable bonds is 10. The van der Waals surface area contributed by atoms with Crippen molar-refractivity contribution in [1.29, 1.82) is 0 Å². The van der Waals surface area contributed by atoms with E-state index in [-0.39, 0.29) is 5.97 Å². The van der Waals surface area contributed by atoms with E-state index < -0.39 is 6.10 Å². The average Bonchev–Trinajstić information content (AvgIpc) is 2.89. The molecule has 0 aromatic heterocycles. The molecule has 0 heterocycles. The Morgan fingerprint density at radius 2 is 1.32 bits per heavy atom. The number of carbonyl (C=O) groups is 1. The van der Waals surface area contributed by atoms with Gasteiger partial charge in [-0.15, -0.1) is 0 Å². The Balaban J connectivity index is 1.48. The second-order valence-corrected chi connectivity index (χ2v) is 8.22. The SMILES string of the molecule is CCOC(=O)C(Cc1ccccc1)Oc1ccc(-c2ccccc2CCc2ccccc2)cc1. The minimum atomic E-state index is -0.689. The van der Waals surface area contributed by atoms with E-state index in [0.29, 0.717) is 18.8 Å². The summed E-state index contributed by atoms with van der Waals surface area (Å²) in [5, 5.41) is 0. The van der Waals surface area contributed by atoms with Crippen LogP contribution in [0.3, 0.4) is 0 Å². The lowest BCUT2D eigenvalue weighted by atomic mass is 9.95. The van der Waals surface area contributed by atoms with Crippen LogP contribution in [0.25, 0.3) is 11.1 Å². The van der Waals surface area contributed by atoms with Crippen LogP contribution in [0, 0.1) is 0 Å². The molecular weight excluding hydrogens is 420 g/mol. The van der Waals surface area contributed by atoms with Gasteiger partial charge in [0.25, 0.3) is 0 Å². The molecule has 0 saturated carbocycles. The van der Waals surface area contributed by atoms with E-state index in [0.717, 1.165) is 24.0 Å². The van der Waals surface area contributed by atoms with Gasteiger partial charge in [0.1, 0.15) is 5.75 Å². The number of hydrogen-bond donors (Lipinski definition) is 0. The maximum atomic E-state index is 12.5. The fourth-order valence-corrected chi connectivity index (χ4v) is 4.06. The number of benzene rings is 4. The van der Waals surface area contributed by atoms with Gasteiger partial charge in [0.05, 0.1) is 6.61 Å². The first-order valence-corrected chi connectivity index (χ1v) is 11.8. The first kappa shape index (κ1) is 23.3. The molecule has 4 aromatic rings. The Hall–Kier alpha value is -3.85. The molecule has 0 fully saturated rings. The summed E-state index contributed by atoms with van der Waals surface area (Å²) in [6.07, 6.45) is 1.75. The summed E-state index contributed by atoms with van der Waals surface area (Å²) in [6.45, 7) is 2.13. The smallest absolute Gasteiger partial charge is 0.347 e. The molecule has 3 heteroatoms. The lowest BCUT2D eigenvalue weighted by Crippen LogP contribution is -2.31. The van der Waals surface area contributed by atoms with Crippen LogP contribution in [0.2, 0.25) is 0 Å². The largest absolute Gasteiger partial charge is 0.478 e. The predicted octanol–water partition coefficient (Wildman–Crippen LogP) is 6.69. The van der Waals surface area contributed by atoms with Crippen LogP contribution < -0.4 is 4.74 Å². The van der Waals surface area contributed by atoms with Crippen LogP contribution in [0.1, 0.15) is 23.6 Å². The van der Waals surface area contributed by atoms with Crippen LogP contribution in [-0.4, -0.2) is 18.7 Å². The lowest BCUT2D eigenvalue weighted by molar-refractivity contribution is -0.151. The monoisotopic (exact) mass is 450 g/mol. The van der Waals surface area contributed by atoms with E-state index in [1.807, 2.05) is 55.5 Å². The van der Waals surface area contributed by atoms with Gasteiger partial charge >= 0.3 is 5.97 Å². The van der Waals surface area contributed by atoms with Crippen molar-refractivity contribution in [3.05, 3.63) is 126 Å². The van der Waals surface area contributed by atoms with E-state index in [1.54, 1.807) is 0 Å². The van der Waals surface area contributed by atoms with E-state index >= 15 is 0 Å². The van der Waals surface area contributed by atoms with Crippen molar-refractivity contribution in [2.24, 2.45) is 0 Å². The first-order valence-electron chi connectivity index (χ1n) is 11.8. The van der Waals surface area contributed by atoms with Gasteiger partial charge in [-0.05, 0) is 59.7 Å². The summed E-state index contributed by atoms with van der Waals surface area (Å²) in [5.41, 5.74) is 6.03. The lowest BCUT2D eigenvalue weighted by Gasteiger charge is -2.18. The molecule has 3 nitrogen and oxygen atoms in total. The number of carbonyl (C=O) groups excluding carboxylic acids is 1. The molecule has 34 heavy (non-hydrogen) atoms. The third-order valence-corrected chi connectivity index (χ3v) is 5.80. The Kier molecular flexibility index (Phi) is 8.13. The highest BCUT2D eigenvalue weighted by atomic mass is 16.6. The molecule has 0 radical (unpaired) electrons. The van der Waals surface area contributed by atoms with Gasteiger partial charge in [0.2, 0.25) is 0 Å². The van der Waals surface area contributed by atoms with Gasteiger partial charge in [-0.25, -0.2) is 4.79 Å². The minimum Gasteiger partial charge on any atom is -0.478 e. The maximum absolute atomic E-state index is 12.5. The normalized spacial score (nSPS) is 11.6. The van der Waals surface area contributed by atoms with Crippen LogP contribution in [0.4, 0.5) is 0 Å². The van der Waals surface area contributed by atoms with Gasteiger partial charge in [-0.1, -0.05) is 97.1 Å². The molecule has 0 saturated heterocycles. The number of aryl methyl sites for hydroxylation is 2. The van der Waals surface area contributed by atoms with E-state index in [1.165, 1.54) is 16.7 Å². The zero-order chi connectivity index (χ0) is 23.6. The van der Waals surface area contributed by atoms with Gasteiger partial charge in [-0.2, -0.15) is 0 Å². The molecule has 4 rings (SSSR count). The van der Waals surface area contributed by atoms with E-state index in [9.17, 15) is 4.79 Å². The molecule has 0 N–H and O–H groups in total. The third kappa shape index (κ3) is 6.35. The summed E-state index contributed by atoms with van der Waals surface area (Å²) < 4.78 is 11.3. The van der Waals surface area contributed by atoms with Crippen molar-refractivity contribution >= 4 is 5.97 Å². The fourth-order valence-electron chi connectivity index (χ4n) is 4.06. The molecule has 172 valence electrons. The summed E-state index contributed by atoms with van der Waals surface area (Å²) in [6, 6.07) is 36.9. The summed E-state index contributed by atoms with van der Waals surface area (Å²) in [7, 11) is 0. The van der Waals surface area contributed by atoms with Crippen LogP contribution in [-0.2, 0) is 28.8 Å². The highest BCUT2D eigenvalue weighted by Crippen LogP contribution is 2.27. The fraction of sp³-hybridized carbons (Fsp3) is 0.194. The summed E-state index contributed by atoms with van der Waals surface area (Å²) >= 11 is 0. The maximum Gasteiger partial charge on any atom is 0.347 e. The number of esters is 1. The molecule has 0 aliphatic rings. The summed E-state index contributed by atoms with van der Waals surface area (Å²) in [4.78, 5) is 12.5. The standard InChI is InChI=1S/C31H30O3/c1-2-33-31(32)30(23-25-13-7-4-8-14-25)34-28-21-19-27(20-22-28)29-16-10-9-15-26(29)18-17-24-11-5-3-6-12-24/h3-16,19-22,30H,2,17-18,23H2,1H3. The second-order valence-electron chi connectivity index (χ2n) is 8.22. The molecule has 1 atom stereocenters. The van der Waals surface area contributed by atoms with Crippen LogP contribution in [0.5, 0.6) is 5.75 Å². The Morgan fingerprint density at radius 3 is 2.00 bits per heavy atom. The summed E-state index contributed by atoms with van der Waals surface area (Å²) in [5.74, 6) is 0.307. The van der Waals surface area contributed by atoms with Crippen molar-refractivity contribution in [3.63, 3.8) is 0 Å². The van der Waals surface area contributed by atoms with Crippen LogP contribution >= 0.6 is 0 Å². The highest BCUT2D eigenvalue weighted by molar-refractivity contribution is 5.75. The predicted molar refractivity (Wildman–Crippen MR) is 137 cm³/mol. The van der Waals surface area contributed by atoms with Crippen molar-refractivity contribution in [2.45, 2.75) is 32.3 Å². The molecule has 0 amide bonds. The minimum absolute atomic E-state index is 0.326. The van der Waals surface area contributed by atoms with E-state index in [2.05, 4.69) is 60.7 Å². The van der Waals surface area contributed by atoms with Gasteiger partial charge in [-0.3, -0.25) is 0 Å². The highest BCUT2D eigenvalue weighted by Gasteiger charge is 2.22. The second kappa shape index (κ2) is 11.9. The molecule has 0 aliphatic heterocycles. The van der Waals surface area contributed by atoms with Gasteiger partial charge in [0.15, 0.2) is 6.10 Å². The third-order valence-electron chi connectivity index (χ3n) is 5.80. The Labute approximate surface area is 202 Å². The molecule has 4 aromatic carbocycles. The number of ether oxygens (including phenoxy) is 2. The van der Waals surface area contributed by atoms with Gasteiger partial charge in [0, 0.05) is 6.42 Å². The van der Waals surface area contributed by atoms with Gasteiger partial charge < -0.3 is 9.47 Å². The van der Waals surface area contributed by atoms with Crippen LogP contribution in [0.15, 0.2) is 109 Å². The molecule has 1 unspecified atom stereocenters. The Bertz CT molecular complexity index is 1170. The zero-order valence-electron chi connectivity index (χ0n) is 19.5. The topological polar surface area (TPSA) is 35.5 Å². The quantitative estimate of drug-likeness (QED) is 0.252. The van der Waals surface area contributed by atoms with Crippen molar-refractivity contribution in [3.8, 4) is 16.9 Å². The first-order chi connectivity index (χ1) is 16.7. The van der Waals surface area contributed by atoms with Crippen molar-refractivity contribution in [2.75, 3.05) is 6.61 Å². The average molecular weight is 451 g/mol. The van der Waals surface area contributed by atoms with Crippen molar-refractivity contribution in [1.82, 2.24) is 0 Å². The van der Waals surface area contributed by atoms with Crippen molar-refractivity contribution < 1.29 is 14.3 Å². The molecule has 0 spiro atoms. The molecule has 0 aliphatic carbocycles. The Morgan fingerprint density at radius 1 is 0.706 bits per heavy atom. The molecular formula is C31H30O3.